The summed E-state index contributed by atoms with van der Waals surface area (Å²) in [6.45, 7) is 2.34. The second-order valence-electron chi connectivity index (χ2n) is 6.34. The molecule has 0 N–H and O–H groups in total. The van der Waals surface area contributed by atoms with E-state index in [1.165, 1.54) is 24.4 Å². The van der Waals surface area contributed by atoms with Crippen LogP contribution in [0.5, 0.6) is 0 Å². The summed E-state index contributed by atoms with van der Waals surface area (Å²) < 4.78 is 0. The molecule has 0 spiro atoms. The molecule has 126 valence electrons. The van der Waals surface area contributed by atoms with Crippen LogP contribution in [0.25, 0.3) is 6.08 Å². The quantitative estimate of drug-likeness (QED) is 0.474. The van der Waals surface area contributed by atoms with Crippen molar-refractivity contribution in [1.82, 2.24) is 0 Å². The van der Waals surface area contributed by atoms with Crippen LogP contribution in [-0.2, 0) is 21.7 Å². The second kappa shape index (κ2) is 11.5. The summed E-state index contributed by atoms with van der Waals surface area (Å²) in [4.78, 5) is 0. The molecule has 2 aliphatic carbocycles. The van der Waals surface area contributed by atoms with Crippen LogP contribution >= 0.6 is 0 Å². The molecule has 1 aromatic carbocycles. The fourth-order valence-corrected chi connectivity index (χ4v) is 8.81. The summed E-state index contributed by atoms with van der Waals surface area (Å²) in [7, 11) is -1.00. The Balaban J connectivity index is 0.000000578. The Morgan fingerprint density at radius 2 is 1.92 bits per heavy atom. The minimum atomic E-state index is -1.00. The average molecular weight is 411 g/mol. The normalized spacial score (nSPS) is 20.5. The van der Waals surface area contributed by atoms with Crippen molar-refractivity contribution in [1.29, 1.82) is 0 Å². The van der Waals surface area contributed by atoms with E-state index >= 15 is 0 Å². The van der Waals surface area contributed by atoms with E-state index in [9.17, 15) is 0 Å². The maximum atomic E-state index is 3.69. The summed E-state index contributed by atoms with van der Waals surface area (Å²) >= 11 is 0. The van der Waals surface area contributed by atoms with E-state index < -0.39 is 8.07 Å². The molecule has 0 nitrogen and oxygen atoms in total. The predicted octanol–water partition coefficient (Wildman–Crippen LogP) is -0.287. The van der Waals surface area contributed by atoms with Gasteiger partial charge in [0.2, 0.25) is 0 Å². The zero-order valence-electron chi connectivity index (χ0n) is 14.2. The van der Waals surface area contributed by atoms with E-state index in [0.29, 0.717) is 0 Å². The Kier molecular flexibility index (Phi) is 11.5. The third-order valence-electron chi connectivity index (χ3n) is 5.01. The molecule has 3 aliphatic rings. The van der Waals surface area contributed by atoms with Crippen LogP contribution in [0.2, 0.25) is 18.1 Å². The van der Waals surface area contributed by atoms with E-state index in [4.69, 9.17) is 0 Å². The Morgan fingerprint density at radius 1 is 1.17 bits per heavy atom. The van der Waals surface area contributed by atoms with Gasteiger partial charge in [-0.3, -0.25) is 12.2 Å². The van der Waals surface area contributed by atoms with E-state index in [0.717, 1.165) is 12.0 Å². The number of fused-ring (bicyclic) bond motifs is 1. The van der Waals surface area contributed by atoms with E-state index in [1.54, 1.807) is 17.7 Å². The van der Waals surface area contributed by atoms with Crippen molar-refractivity contribution in [3.63, 3.8) is 0 Å². The predicted molar refractivity (Wildman–Crippen MR) is 93.5 cm³/mol. The van der Waals surface area contributed by atoms with Crippen LogP contribution in [0.3, 0.4) is 0 Å². The Morgan fingerprint density at radius 3 is 2.42 bits per heavy atom. The minimum Gasteiger partial charge on any atom is -1.00 e. The molecular formula is C20H24Cl2SiTi. The number of allylic oxidation sites excluding steroid dienone is 5. The van der Waals surface area contributed by atoms with Crippen molar-refractivity contribution in [3.05, 3.63) is 65.8 Å². The van der Waals surface area contributed by atoms with Gasteiger partial charge in [-0.1, -0.05) is 61.6 Å². The summed E-state index contributed by atoms with van der Waals surface area (Å²) in [5.74, 6) is 0. The van der Waals surface area contributed by atoms with Crippen molar-refractivity contribution in [2.24, 2.45) is 0 Å². The molecule has 4 rings (SSSR count). The summed E-state index contributed by atoms with van der Waals surface area (Å²) in [6, 6.07) is 13.5. The summed E-state index contributed by atoms with van der Waals surface area (Å²) in [6.07, 6.45) is 18.8. The first-order chi connectivity index (χ1) is 10.4. The third-order valence-corrected chi connectivity index (χ3v) is 10.9. The number of hydrogen-bond acceptors (Lipinski definition) is 0. The van der Waals surface area contributed by atoms with E-state index in [1.807, 2.05) is 12.2 Å². The van der Waals surface area contributed by atoms with Gasteiger partial charge in [-0.25, -0.2) is 18.2 Å². The van der Waals surface area contributed by atoms with Gasteiger partial charge in [-0.05, 0) is 0 Å². The molecule has 1 aromatic rings. The van der Waals surface area contributed by atoms with Crippen LogP contribution in [0.1, 0.15) is 42.9 Å². The number of benzene rings is 1. The van der Waals surface area contributed by atoms with E-state index in [-0.39, 0.29) is 46.5 Å². The van der Waals surface area contributed by atoms with Crippen molar-refractivity contribution in [2.75, 3.05) is 0 Å². The summed E-state index contributed by atoms with van der Waals surface area (Å²) in [5.41, 5.74) is 3.74. The standard InChI is InChI=1S/C15H19Si.C5H5.2ClH.Ti/c1-2-10-16(11-5-12-16)15-9-8-13-6-3-4-7-14(13)15;1-2-4-5-3-1;;;/h3-4,6-8,15H,2,5,10-12H2,1H3;1-3H,4H2;2*1H;/q2*-1;;;+4/p-2. The number of hydrogen-bond donors (Lipinski definition) is 0. The van der Waals surface area contributed by atoms with Crippen LogP contribution in [0.4, 0.5) is 0 Å². The molecule has 4 heteroatoms. The summed E-state index contributed by atoms with van der Waals surface area (Å²) in [5, 5.41) is 0. The molecule has 0 amide bonds. The van der Waals surface area contributed by atoms with Crippen molar-refractivity contribution < 1.29 is 46.5 Å². The zero-order valence-corrected chi connectivity index (χ0v) is 18.3. The van der Waals surface area contributed by atoms with Gasteiger partial charge in [0.1, 0.15) is 0 Å². The zero-order chi connectivity index (χ0) is 14.5. The maximum absolute atomic E-state index is 3.69. The molecule has 1 unspecified atom stereocenters. The Labute approximate surface area is 175 Å². The first-order valence-corrected chi connectivity index (χ1v) is 11.0. The SMILES string of the molecule is CCC[Si]1(C2[C-]=Cc3ccccc32)CCC1.[C-]1=CC=CC1.[Cl-].[Cl-].[Ti+4]. The Bertz CT molecular complexity index is 567. The molecule has 0 radical (unpaired) electrons. The molecule has 1 heterocycles. The van der Waals surface area contributed by atoms with Crippen LogP contribution in [0, 0.1) is 12.2 Å². The van der Waals surface area contributed by atoms with Gasteiger partial charge in [0, 0.05) is 8.07 Å². The second-order valence-corrected chi connectivity index (χ2v) is 11.1. The first kappa shape index (κ1) is 24.0. The van der Waals surface area contributed by atoms with Crippen LogP contribution in [0.15, 0.2) is 42.5 Å². The van der Waals surface area contributed by atoms with Gasteiger partial charge in [0.25, 0.3) is 0 Å². The van der Waals surface area contributed by atoms with Crippen LogP contribution in [-0.4, -0.2) is 8.07 Å². The van der Waals surface area contributed by atoms with E-state index in [2.05, 4.69) is 55.5 Å². The van der Waals surface area contributed by atoms with Gasteiger partial charge in [-0.2, -0.15) is 11.6 Å². The topological polar surface area (TPSA) is 0 Å². The van der Waals surface area contributed by atoms with Crippen molar-refractivity contribution >= 4 is 14.1 Å². The molecule has 24 heavy (non-hydrogen) atoms. The maximum Gasteiger partial charge on any atom is 4.00 e. The van der Waals surface area contributed by atoms with Gasteiger partial charge in [0.15, 0.2) is 0 Å². The van der Waals surface area contributed by atoms with Gasteiger partial charge in [0.05, 0.1) is 0 Å². The first-order valence-electron chi connectivity index (χ1n) is 8.26. The average Bonchev–Trinajstić information content (AvgIpc) is 3.15. The van der Waals surface area contributed by atoms with Gasteiger partial charge < -0.3 is 24.8 Å². The monoisotopic (exact) mass is 410 g/mol. The fourth-order valence-electron chi connectivity index (χ4n) is 3.83. The smallest absolute Gasteiger partial charge is 1.00 e. The molecular weight excluding hydrogens is 387 g/mol. The Hall–Kier alpha value is -0.0488. The molecule has 1 aliphatic heterocycles. The number of rotatable bonds is 3. The molecule has 1 fully saturated rings. The molecule has 1 atom stereocenters. The number of halogens is 2. The van der Waals surface area contributed by atoms with Gasteiger partial charge >= 0.3 is 21.7 Å². The van der Waals surface area contributed by atoms with Crippen molar-refractivity contribution in [3.8, 4) is 0 Å². The molecule has 0 aromatic heterocycles. The minimum absolute atomic E-state index is 0. The molecule has 1 saturated heterocycles. The van der Waals surface area contributed by atoms with Crippen LogP contribution < -0.4 is 24.8 Å². The molecule has 0 saturated carbocycles. The van der Waals surface area contributed by atoms with Gasteiger partial charge in [-0.15, -0.1) is 18.1 Å². The van der Waals surface area contributed by atoms with Crippen molar-refractivity contribution in [2.45, 2.75) is 49.9 Å². The fraction of sp³-hybridized carbons (Fsp3) is 0.400. The third kappa shape index (κ3) is 5.22. The largest absolute Gasteiger partial charge is 4.00 e. The molecule has 0 bridgehead atoms.